The van der Waals surface area contributed by atoms with Crippen LogP contribution in [0.5, 0.6) is 0 Å². The minimum Gasteiger partial charge on any atom is -0.467 e. The van der Waals surface area contributed by atoms with E-state index in [-0.39, 0.29) is 5.91 Å². The van der Waals surface area contributed by atoms with Crippen LogP contribution in [0.3, 0.4) is 0 Å². The first-order valence-electron chi connectivity index (χ1n) is 4.60. The second-order valence-electron chi connectivity index (χ2n) is 3.62. The number of rotatable bonds is 1. The Morgan fingerprint density at radius 1 is 1.40 bits per heavy atom. The summed E-state index contributed by atoms with van der Waals surface area (Å²) < 4.78 is 4.69. The van der Waals surface area contributed by atoms with Crippen molar-refractivity contribution in [2.45, 2.75) is 12.5 Å². The standard InChI is InChI=1S/C11H11NO3/c1-11(10(14)15-2)8-6-4-3-5-7(8)9(13)12-11/h3-6H,1-2H3,(H,12,13)/t11-/m0/s1. The number of benzene rings is 1. The van der Waals surface area contributed by atoms with E-state index < -0.39 is 11.5 Å². The van der Waals surface area contributed by atoms with Crippen LogP contribution in [0.1, 0.15) is 22.8 Å². The average Bonchev–Trinajstić information content (AvgIpc) is 2.52. The van der Waals surface area contributed by atoms with Crippen molar-refractivity contribution in [1.82, 2.24) is 5.32 Å². The van der Waals surface area contributed by atoms with Gasteiger partial charge in [0.2, 0.25) is 0 Å². The van der Waals surface area contributed by atoms with Crippen LogP contribution in [0, 0.1) is 0 Å². The molecule has 0 unspecified atom stereocenters. The first-order chi connectivity index (χ1) is 7.09. The van der Waals surface area contributed by atoms with Crippen molar-refractivity contribution in [3.05, 3.63) is 35.4 Å². The molecule has 4 heteroatoms. The fraction of sp³-hybridized carbons (Fsp3) is 0.273. The molecule has 4 nitrogen and oxygen atoms in total. The van der Waals surface area contributed by atoms with Crippen molar-refractivity contribution >= 4 is 11.9 Å². The van der Waals surface area contributed by atoms with Crippen LogP contribution in [-0.2, 0) is 15.1 Å². The number of carbonyl (C=O) groups excluding carboxylic acids is 2. The lowest BCUT2D eigenvalue weighted by atomic mass is 9.93. The van der Waals surface area contributed by atoms with E-state index in [1.54, 1.807) is 31.2 Å². The van der Waals surface area contributed by atoms with Gasteiger partial charge in [-0.05, 0) is 13.0 Å². The van der Waals surface area contributed by atoms with E-state index >= 15 is 0 Å². The van der Waals surface area contributed by atoms with Gasteiger partial charge >= 0.3 is 5.97 Å². The molecule has 2 rings (SSSR count). The van der Waals surface area contributed by atoms with Crippen LogP contribution in [0.2, 0.25) is 0 Å². The predicted octanol–water partition coefficient (Wildman–Crippen LogP) is 0.818. The molecule has 0 fully saturated rings. The van der Waals surface area contributed by atoms with Gasteiger partial charge < -0.3 is 10.1 Å². The van der Waals surface area contributed by atoms with Gasteiger partial charge in [-0.25, -0.2) is 4.79 Å². The molecule has 1 atom stereocenters. The van der Waals surface area contributed by atoms with Crippen LogP contribution < -0.4 is 5.32 Å². The minimum absolute atomic E-state index is 0.237. The Balaban J connectivity index is 2.57. The number of nitrogens with one attached hydrogen (secondary N) is 1. The fourth-order valence-electron chi connectivity index (χ4n) is 1.84. The molecule has 1 amide bonds. The molecule has 0 radical (unpaired) electrons. The number of amides is 1. The van der Waals surface area contributed by atoms with Crippen molar-refractivity contribution in [2.24, 2.45) is 0 Å². The molecule has 1 aliphatic heterocycles. The lowest BCUT2D eigenvalue weighted by molar-refractivity contribution is -0.147. The van der Waals surface area contributed by atoms with E-state index in [2.05, 4.69) is 10.1 Å². The summed E-state index contributed by atoms with van der Waals surface area (Å²) in [6, 6.07) is 7.00. The maximum atomic E-state index is 11.6. The summed E-state index contributed by atoms with van der Waals surface area (Å²) in [5, 5.41) is 2.63. The molecule has 1 heterocycles. The first kappa shape index (κ1) is 9.71. The number of carbonyl (C=O) groups is 2. The number of hydrogen-bond acceptors (Lipinski definition) is 3. The van der Waals surface area contributed by atoms with Gasteiger partial charge in [0.1, 0.15) is 0 Å². The highest BCUT2D eigenvalue weighted by molar-refractivity contribution is 6.05. The quantitative estimate of drug-likeness (QED) is 0.690. The Kier molecular flexibility index (Phi) is 2.00. The molecular formula is C11H11NO3. The van der Waals surface area contributed by atoms with Gasteiger partial charge in [-0.15, -0.1) is 0 Å². The molecule has 0 saturated carbocycles. The topological polar surface area (TPSA) is 55.4 Å². The highest BCUT2D eigenvalue weighted by atomic mass is 16.5. The van der Waals surface area contributed by atoms with E-state index in [0.717, 1.165) is 0 Å². The number of ether oxygens (including phenoxy) is 1. The molecule has 78 valence electrons. The number of methoxy groups -OCH3 is 1. The van der Waals surface area contributed by atoms with Crippen LogP contribution in [-0.4, -0.2) is 19.0 Å². The summed E-state index contributed by atoms with van der Waals surface area (Å²) in [5.74, 6) is -0.695. The Bertz CT molecular complexity index is 441. The van der Waals surface area contributed by atoms with Crippen molar-refractivity contribution in [1.29, 1.82) is 0 Å². The predicted molar refractivity (Wildman–Crippen MR) is 53.3 cm³/mol. The molecule has 1 aromatic rings. The van der Waals surface area contributed by atoms with E-state index in [0.29, 0.717) is 11.1 Å². The van der Waals surface area contributed by atoms with Crippen molar-refractivity contribution in [3.8, 4) is 0 Å². The number of fused-ring (bicyclic) bond motifs is 1. The summed E-state index contributed by atoms with van der Waals surface area (Å²) in [5.41, 5.74) is 0.148. The third-order valence-corrected chi connectivity index (χ3v) is 2.67. The molecular weight excluding hydrogens is 194 g/mol. The van der Waals surface area contributed by atoms with E-state index in [9.17, 15) is 9.59 Å². The molecule has 0 aromatic heterocycles. The summed E-state index contributed by atoms with van der Waals surface area (Å²) in [4.78, 5) is 23.2. The SMILES string of the molecule is COC(=O)[C@@]1(C)NC(=O)c2ccccc21. The molecule has 1 aromatic carbocycles. The Morgan fingerprint density at radius 2 is 2.07 bits per heavy atom. The second-order valence-corrected chi connectivity index (χ2v) is 3.62. The lowest BCUT2D eigenvalue weighted by Gasteiger charge is -2.21. The lowest BCUT2D eigenvalue weighted by Crippen LogP contribution is -2.44. The van der Waals surface area contributed by atoms with E-state index in [1.807, 2.05) is 0 Å². The zero-order chi connectivity index (χ0) is 11.1. The summed E-state index contributed by atoms with van der Waals surface area (Å²) >= 11 is 0. The molecule has 0 saturated heterocycles. The summed E-state index contributed by atoms with van der Waals surface area (Å²) in [6.45, 7) is 1.64. The van der Waals surface area contributed by atoms with Gasteiger partial charge in [0.25, 0.3) is 5.91 Å². The van der Waals surface area contributed by atoms with Crippen molar-refractivity contribution < 1.29 is 14.3 Å². The molecule has 0 aliphatic carbocycles. The third kappa shape index (κ3) is 1.21. The largest absolute Gasteiger partial charge is 0.467 e. The molecule has 15 heavy (non-hydrogen) atoms. The first-order valence-corrected chi connectivity index (χ1v) is 4.60. The Labute approximate surface area is 87.2 Å². The average molecular weight is 205 g/mol. The van der Waals surface area contributed by atoms with Gasteiger partial charge in [0, 0.05) is 11.1 Å². The zero-order valence-corrected chi connectivity index (χ0v) is 8.53. The van der Waals surface area contributed by atoms with Gasteiger partial charge in [0.15, 0.2) is 5.54 Å². The van der Waals surface area contributed by atoms with Crippen LogP contribution in [0.4, 0.5) is 0 Å². The molecule has 0 bridgehead atoms. The van der Waals surface area contributed by atoms with Gasteiger partial charge in [-0.2, -0.15) is 0 Å². The number of hydrogen-bond donors (Lipinski definition) is 1. The number of esters is 1. The van der Waals surface area contributed by atoms with Gasteiger partial charge in [-0.3, -0.25) is 4.79 Å². The van der Waals surface area contributed by atoms with Crippen LogP contribution in [0.25, 0.3) is 0 Å². The third-order valence-electron chi connectivity index (χ3n) is 2.67. The normalized spacial score (nSPS) is 23.2. The van der Waals surface area contributed by atoms with Crippen LogP contribution >= 0.6 is 0 Å². The second kappa shape index (κ2) is 3.08. The monoisotopic (exact) mass is 205 g/mol. The smallest absolute Gasteiger partial charge is 0.336 e. The Morgan fingerprint density at radius 3 is 2.73 bits per heavy atom. The molecule has 0 spiro atoms. The molecule has 1 N–H and O–H groups in total. The van der Waals surface area contributed by atoms with E-state index in [4.69, 9.17) is 0 Å². The maximum absolute atomic E-state index is 11.6. The fourth-order valence-corrected chi connectivity index (χ4v) is 1.84. The highest BCUT2D eigenvalue weighted by Crippen LogP contribution is 2.31. The highest BCUT2D eigenvalue weighted by Gasteiger charge is 2.45. The zero-order valence-electron chi connectivity index (χ0n) is 8.53. The molecule has 1 aliphatic rings. The van der Waals surface area contributed by atoms with Crippen molar-refractivity contribution in [2.75, 3.05) is 7.11 Å². The van der Waals surface area contributed by atoms with Crippen molar-refractivity contribution in [3.63, 3.8) is 0 Å². The van der Waals surface area contributed by atoms with E-state index in [1.165, 1.54) is 7.11 Å². The summed E-state index contributed by atoms with van der Waals surface area (Å²) in [6.07, 6.45) is 0. The van der Waals surface area contributed by atoms with Gasteiger partial charge in [0.05, 0.1) is 7.11 Å². The minimum atomic E-state index is -1.05. The Hall–Kier alpha value is -1.84. The summed E-state index contributed by atoms with van der Waals surface area (Å²) in [7, 11) is 1.31. The van der Waals surface area contributed by atoms with Crippen LogP contribution in [0.15, 0.2) is 24.3 Å². The maximum Gasteiger partial charge on any atom is 0.336 e. The van der Waals surface area contributed by atoms with Gasteiger partial charge in [-0.1, -0.05) is 18.2 Å².